The fraction of sp³-hybridized carbons (Fsp3) is 0.444. The SMILES string of the molecule is CCC(NC(=O)OCC1c2ccccc2-c2ccccc21)C(=O)N1CC2CCC(C1)C2C(=O)O. The molecule has 34 heavy (non-hydrogen) atoms. The van der Waals surface area contributed by atoms with Crippen LogP contribution in [0.3, 0.4) is 0 Å². The zero-order valence-corrected chi connectivity index (χ0v) is 19.3. The van der Waals surface area contributed by atoms with Crippen LogP contribution < -0.4 is 5.32 Å². The molecule has 3 unspecified atom stereocenters. The molecule has 7 heteroatoms. The van der Waals surface area contributed by atoms with Crippen molar-refractivity contribution in [3.63, 3.8) is 0 Å². The highest BCUT2D eigenvalue weighted by molar-refractivity contribution is 5.86. The van der Waals surface area contributed by atoms with Crippen molar-refractivity contribution in [1.29, 1.82) is 0 Å². The second-order valence-electron chi connectivity index (χ2n) is 9.64. The average Bonchev–Trinajstić information content (AvgIpc) is 3.31. The zero-order valence-electron chi connectivity index (χ0n) is 19.3. The Kier molecular flexibility index (Phi) is 6.02. The number of nitrogens with zero attached hydrogens (tertiary/aromatic N) is 1. The van der Waals surface area contributed by atoms with Gasteiger partial charge in [-0.15, -0.1) is 0 Å². The molecule has 0 aromatic heterocycles. The number of fused-ring (bicyclic) bond motifs is 5. The molecular formula is C27H30N2O5. The van der Waals surface area contributed by atoms with E-state index in [0.717, 1.165) is 35.1 Å². The van der Waals surface area contributed by atoms with Crippen molar-refractivity contribution in [3.05, 3.63) is 59.7 Å². The number of hydrogen-bond acceptors (Lipinski definition) is 4. The molecule has 1 heterocycles. The molecule has 2 amide bonds. The summed E-state index contributed by atoms with van der Waals surface area (Å²) in [5.41, 5.74) is 4.59. The van der Waals surface area contributed by atoms with E-state index >= 15 is 0 Å². The first-order chi connectivity index (χ1) is 16.5. The van der Waals surface area contributed by atoms with Crippen LogP contribution in [0.15, 0.2) is 48.5 Å². The number of likely N-dealkylation sites (tertiary alicyclic amines) is 1. The van der Waals surface area contributed by atoms with Crippen molar-refractivity contribution in [2.24, 2.45) is 17.8 Å². The van der Waals surface area contributed by atoms with Gasteiger partial charge in [0.05, 0.1) is 5.92 Å². The fourth-order valence-corrected chi connectivity index (χ4v) is 6.15. The number of amides is 2. The minimum Gasteiger partial charge on any atom is -0.481 e. The molecule has 2 fully saturated rings. The number of hydrogen-bond donors (Lipinski definition) is 2. The summed E-state index contributed by atoms with van der Waals surface area (Å²) in [6.07, 6.45) is 1.51. The van der Waals surface area contributed by atoms with Crippen LogP contribution in [0.4, 0.5) is 4.79 Å². The molecule has 1 aliphatic heterocycles. The first-order valence-electron chi connectivity index (χ1n) is 12.1. The summed E-state index contributed by atoms with van der Waals surface area (Å²) in [7, 11) is 0. The number of rotatable bonds is 6. The molecular weight excluding hydrogens is 432 g/mol. The Bertz CT molecular complexity index is 1060. The quantitative estimate of drug-likeness (QED) is 0.679. The van der Waals surface area contributed by atoms with Gasteiger partial charge in [0.25, 0.3) is 0 Å². The van der Waals surface area contributed by atoms with Crippen LogP contribution in [0.5, 0.6) is 0 Å². The van der Waals surface area contributed by atoms with E-state index in [0.29, 0.717) is 19.5 Å². The van der Waals surface area contributed by atoms with E-state index in [1.54, 1.807) is 4.90 Å². The summed E-state index contributed by atoms with van der Waals surface area (Å²) in [4.78, 5) is 39.2. The van der Waals surface area contributed by atoms with Crippen LogP contribution in [0.2, 0.25) is 0 Å². The summed E-state index contributed by atoms with van der Waals surface area (Å²) >= 11 is 0. The molecule has 2 aliphatic carbocycles. The van der Waals surface area contributed by atoms with Gasteiger partial charge in [0.1, 0.15) is 12.6 Å². The third-order valence-corrected chi connectivity index (χ3v) is 7.77. The van der Waals surface area contributed by atoms with Crippen LogP contribution in [0.1, 0.15) is 43.2 Å². The predicted octanol–water partition coefficient (Wildman–Crippen LogP) is 3.87. The number of aliphatic carboxylic acids is 1. The lowest BCUT2D eigenvalue weighted by atomic mass is 9.85. The number of benzene rings is 2. The Morgan fingerprint density at radius 1 is 1.00 bits per heavy atom. The van der Waals surface area contributed by atoms with E-state index in [-0.39, 0.29) is 36.2 Å². The third-order valence-electron chi connectivity index (χ3n) is 7.77. The van der Waals surface area contributed by atoms with Gasteiger partial charge >= 0.3 is 12.1 Å². The van der Waals surface area contributed by atoms with Crippen molar-refractivity contribution in [3.8, 4) is 11.1 Å². The molecule has 0 radical (unpaired) electrons. The standard InChI is InChI=1S/C27H30N2O5/c1-2-23(25(30)29-13-16-11-12-17(14-29)24(16)26(31)32)28-27(33)34-15-22-20-9-5-3-7-18(20)19-8-4-6-10-21(19)22/h3-10,16-17,22-24H,2,11-15H2,1H3,(H,28,33)(H,31,32). The van der Waals surface area contributed by atoms with Gasteiger partial charge < -0.3 is 20.1 Å². The highest BCUT2D eigenvalue weighted by atomic mass is 16.5. The number of carboxylic acid groups (broad SMARTS) is 1. The first kappa shape index (κ1) is 22.4. The maximum Gasteiger partial charge on any atom is 0.407 e. The van der Waals surface area contributed by atoms with Crippen molar-refractivity contribution in [2.45, 2.75) is 38.1 Å². The Morgan fingerprint density at radius 2 is 1.56 bits per heavy atom. The summed E-state index contributed by atoms with van der Waals surface area (Å²) in [5.74, 6) is -1.33. The predicted molar refractivity (Wildman–Crippen MR) is 126 cm³/mol. The second-order valence-corrected chi connectivity index (χ2v) is 9.64. The summed E-state index contributed by atoms with van der Waals surface area (Å²) in [5, 5.41) is 12.3. The Balaban J connectivity index is 1.21. The van der Waals surface area contributed by atoms with E-state index < -0.39 is 18.1 Å². The average molecular weight is 463 g/mol. The molecule has 3 atom stereocenters. The molecule has 1 saturated carbocycles. The lowest BCUT2D eigenvalue weighted by molar-refractivity contribution is -0.150. The first-order valence-corrected chi connectivity index (χ1v) is 12.1. The van der Waals surface area contributed by atoms with Crippen LogP contribution in [-0.2, 0) is 14.3 Å². The van der Waals surface area contributed by atoms with E-state index in [1.807, 2.05) is 31.2 Å². The van der Waals surface area contributed by atoms with Crippen molar-refractivity contribution in [1.82, 2.24) is 10.2 Å². The van der Waals surface area contributed by atoms with Crippen LogP contribution in [-0.4, -0.2) is 53.7 Å². The van der Waals surface area contributed by atoms with Gasteiger partial charge in [-0.2, -0.15) is 0 Å². The molecule has 2 aromatic rings. The normalized spacial score (nSPS) is 23.7. The fourth-order valence-electron chi connectivity index (χ4n) is 6.15. The second kappa shape index (κ2) is 9.12. The maximum absolute atomic E-state index is 13.2. The topological polar surface area (TPSA) is 95.9 Å². The molecule has 5 rings (SSSR count). The van der Waals surface area contributed by atoms with Gasteiger partial charge in [-0.05, 0) is 53.4 Å². The lowest BCUT2D eigenvalue weighted by Crippen LogP contribution is -2.54. The molecule has 0 spiro atoms. The minimum atomic E-state index is -0.761. The van der Waals surface area contributed by atoms with Gasteiger partial charge in [0.15, 0.2) is 0 Å². The molecule has 2 aromatic carbocycles. The largest absolute Gasteiger partial charge is 0.481 e. The molecule has 1 saturated heterocycles. The zero-order chi connectivity index (χ0) is 23.8. The molecule has 7 nitrogen and oxygen atoms in total. The van der Waals surface area contributed by atoms with Gasteiger partial charge in [-0.1, -0.05) is 55.5 Å². The Labute approximate surface area is 199 Å². The molecule has 3 aliphatic rings. The lowest BCUT2D eigenvalue weighted by Gasteiger charge is -2.37. The maximum atomic E-state index is 13.2. The minimum absolute atomic E-state index is 0.00726. The highest BCUT2D eigenvalue weighted by Crippen LogP contribution is 2.44. The third kappa shape index (κ3) is 3.93. The van der Waals surface area contributed by atoms with Gasteiger partial charge in [0.2, 0.25) is 5.91 Å². The number of carboxylic acids is 1. The van der Waals surface area contributed by atoms with E-state index in [4.69, 9.17) is 4.74 Å². The summed E-state index contributed by atoms with van der Waals surface area (Å²) in [6, 6.07) is 15.6. The summed E-state index contributed by atoms with van der Waals surface area (Å²) < 4.78 is 5.61. The van der Waals surface area contributed by atoms with Crippen LogP contribution >= 0.6 is 0 Å². The Morgan fingerprint density at radius 3 is 2.09 bits per heavy atom. The van der Waals surface area contributed by atoms with Crippen LogP contribution in [0.25, 0.3) is 11.1 Å². The smallest absolute Gasteiger partial charge is 0.407 e. The number of piperidine rings is 1. The van der Waals surface area contributed by atoms with Crippen molar-refractivity contribution < 1.29 is 24.2 Å². The molecule has 2 bridgehead atoms. The number of carbonyl (C=O) groups is 3. The van der Waals surface area contributed by atoms with Crippen LogP contribution in [0, 0.1) is 17.8 Å². The number of nitrogens with one attached hydrogen (secondary N) is 1. The summed E-state index contributed by atoms with van der Waals surface area (Å²) in [6.45, 7) is 2.92. The Hall–Kier alpha value is -3.35. The molecule has 178 valence electrons. The number of ether oxygens (including phenoxy) is 1. The van der Waals surface area contributed by atoms with Gasteiger partial charge in [-0.3, -0.25) is 9.59 Å². The number of carbonyl (C=O) groups excluding carboxylic acids is 2. The molecule has 2 N–H and O–H groups in total. The van der Waals surface area contributed by atoms with Gasteiger partial charge in [-0.25, -0.2) is 4.79 Å². The van der Waals surface area contributed by atoms with Gasteiger partial charge in [0, 0.05) is 19.0 Å². The van der Waals surface area contributed by atoms with E-state index in [2.05, 4.69) is 29.6 Å². The van der Waals surface area contributed by atoms with Crippen molar-refractivity contribution in [2.75, 3.05) is 19.7 Å². The van der Waals surface area contributed by atoms with Crippen molar-refractivity contribution >= 4 is 18.0 Å². The monoisotopic (exact) mass is 462 g/mol. The van der Waals surface area contributed by atoms with E-state index in [9.17, 15) is 19.5 Å². The highest BCUT2D eigenvalue weighted by Gasteiger charge is 2.47. The number of alkyl carbamates (subject to hydrolysis) is 1. The van der Waals surface area contributed by atoms with E-state index in [1.165, 1.54) is 0 Å².